The Morgan fingerprint density at radius 3 is 2.45 bits per heavy atom. The Morgan fingerprint density at radius 1 is 1.00 bits per heavy atom. The smallest absolute Gasteiger partial charge is 0.231 e. The predicted octanol–water partition coefficient (Wildman–Crippen LogP) is 2.93. The van der Waals surface area contributed by atoms with Crippen LogP contribution in [0.5, 0.6) is 17.2 Å². The van der Waals surface area contributed by atoms with Gasteiger partial charge in [0, 0.05) is 6.04 Å². The van der Waals surface area contributed by atoms with E-state index in [1.165, 1.54) is 11.1 Å². The highest BCUT2D eigenvalue weighted by atomic mass is 16.7. The summed E-state index contributed by atoms with van der Waals surface area (Å²) in [6, 6.07) is 14.2. The van der Waals surface area contributed by atoms with Crippen molar-refractivity contribution in [1.82, 2.24) is 0 Å². The molecule has 22 heavy (non-hydrogen) atoms. The maximum atomic E-state index is 6.28. The van der Waals surface area contributed by atoms with E-state index in [-0.39, 0.29) is 6.04 Å². The van der Waals surface area contributed by atoms with Crippen LogP contribution in [0.15, 0.2) is 42.5 Å². The molecule has 2 aromatic carbocycles. The molecule has 0 spiro atoms. The fourth-order valence-electron chi connectivity index (χ4n) is 2.63. The molecule has 2 aromatic rings. The third kappa shape index (κ3) is 3.52. The Hall–Kier alpha value is -2.20. The number of nitrogens with two attached hydrogens (primary N) is 1. The molecule has 4 heteroatoms. The number of benzene rings is 2. The molecule has 0 fully saturated rings. The van der Waals surface area contributed by atoms with Crippen LogP contribution in [0.1, 0.15) is 18.1 Å². The highest BCUT2D eigenvalue weighted by Gasteiger charge is 2.14. The maximum Gasteiger partial charge on any atom is 0.231 e. The summed E-state index contributed by atoms with van der Waals surface area (Å²) in [5.74, 6) is 2.52. The summed E-state index contributed by atoms with van der Waals surface area (Å²) >= 11 is 0. The van der Waals surface area contributed by atoms with Crippen LogP contribution < -0.4 is 19.9 Å². The lowest BCUT2D eigenvalue weighted by Crippen LogP contribution is -2.25. The van der Waals surface area contributed by atoms with E-state index in [9.17, 15) is 0 Å². The van der Waals surface area contributed by atoms with Crippen molar-refractivity contribution in [2.75, 3.05) is 13.4 Å². The summed E-state index contributed by atoms with van der Waals surface area (Å²) in [5.41, 5.74) is 8.66. The molecule has 1 atom stereocenters. The molecule has 4 nitrogen and oxygen atoms in total. The van der Waals surface area contributed by atoms with Crippen LogP contribution in [0.2, 0.25) is 0 Å². The van der Waals surface area contributed by atoms with Crippen LogP contribution in [0, 0.1) is 0 Å². The molecule has 2 N–H and O–H groups in total. The van der Waals surface area contributed by atoms with E-state index in [1.54, 1.807) is 0 Å². The average Bonchev–Trinajstić information content (AvgIpc) is 2.97. The fourth-order valence-corrected chi connectivity index (χ4v) is 2.63. The van der Waals surface area contributed by atoms with Crippen LogP contribution >= 0.6 is 0 Å². The van der Waals surface area contributed by atoms with Gasteiger partial charge in [0.05, 0.1) is 6.61 Å². The highest BCUT2D eigenvalue weighted by molar-refractivity contribution is 5.44. The lowest BCUT2D eigenvalue weighted by molar-refractivity contribution is 0.174. The minimum atomic E-state index is 0.0679. The molecule has 0 aromatic heterocycles. The summed E-state index contributed by atoms with van der Waals surface area (Å²) < 4.78 is 16.2. The van der Waals surface area contributed by atoms with Gasteiger partial charge in [0.1, 0.15) is 5.75 Å². The molecule has 116 valence electrons. The fraction of sp³-hybridized carbons (Fsp3) is 0.333. The third-order valence-corrected chi connectivity index (χ3v) is 3.67. The first-order chi connectivity index (χ1) is 10.7. The first kappa shape index (κ1) is 14.7. The normalized spacial score (nSPS) is 13.9. The van der Waals surface area contributed by atoms with E-state index in [4.69, 9.17) is 19.9 Å². The molecule has 1 heterocycles. The number of rotatable bonds is 6. The Kier molecular flexibility index (Phi) is 4.49. The lowest BCUT2D eigenvalue weighted by atomic mass is 9.99. The first-order valence-electron chi connectivity index (χ1n) is 7.60. The quantitative estimate of drug-likeness (QED) is 0.891. The second kappa shape index (κ2) is 6.71. The standard InChI is InChI=1S/C18H21NO3/c1-2-20-16-6-3-13(4-7-16)9-15(19)10-14-5-8-17-18(11-14)22-12-21-17/h3-8,11,15H,2,9-10,12,19H2,1H3. The minimum absolute atomic E-state index is 0.0679. The third-order valence-electron chi connectivity index (χ3n) is 3.67. The van der Waals surface area contributed by atoms with Gasteiger partial charge < -0.3 is 19.9 Å². The summed E-state index contributed by atoms with van der Waals surface area (Å²) in [6.45, 7) is 2.97. The molecule has 1 aliphatic rings. The molecule has 0 amide bonds. The van der Waals surface area contributed by atoms with Crippen molar-refractivity contribution in [3.05, 3.63) is 53.6 Å². The van der Waals surface area contributed by atoms with Gasteiger partial charge in [-0.05, 0) is 55.2 Å². The van der Waals surface area contributed by atoms with E-state index < -0.39 is 0 Å². The van der Waals surface area contributed by atoms with Crippen molar-refractivity contribution in [1.29, 1.82) is 0 Å². The highest BCUT2D eigenvalue weighted by Crippen LogP contribution is 2.32. The van der Waals surface area contributed by atoms with E-state index in [0.717, 1.165) is 30.1 Å². The van der Waals surface area contributed by atoms with E-state index >= 15 is 0 Å². The zero-order chi connectivity index (χ0) is 15.4. The van der Waals surface area contributed by atoms with Crippen molar-refractivity contribution < 1.29 is 14.2 Å². The molecule has 3 rings (SSSR count). The second-order valence-corrected chi connectivity index (χ2v) is 5.43. The van der Waals surface area contributed by atoms with Crippen LogP contribution in [0.3, 0.4) is 0 Å². The van der Waals surface area contributed by atoms with E-state index in [0.29, 0.717) is 13.4 Å². The van der Waals surface area contributed by atoms with Gasteiger partial charge in [0.15, 0.2) is 11.5 Å². The van der Waals surface area contributed by atoms with Crippen molar-refractivity contribution in [3.63, 3.8) is 0 Å². The van der Waals surface area contributed by atoms with Gasteiger partial charge in [0.2, 0.25) is 6.79 Å². The average molecular weight is 299 g/mol. The zero-order valence-electron chi connectivity index (χ0n) is 12.7. The van der Waals surface area contributed by atoms with E-state index in [2.05, 4.69) is 12.1 Å². The first-order valence-corrected chi connectivity index (χ1v) is 7.60. The Labute approximate surface area is 130 Å². The molecule has 0 aliphatic carbocycles. The number of hydrogen-bond acceptors (Lipinski definition) is 4. The van der Waals surface area contributed by atoms with Gasteiger partial charge >= 0.3 is 0 Å². The van der Waals surface area contributed by atoms with Gasteiger partial charge in [-0.25, -0.2) is 0 Å². The molecule has 0 radical (unpaired) electrons. The summed E-state index contributed by atoms with van der Waals surface area (Å²) in [4.78, 5) is 0. The maximum absolute atomic E-state index is 6.28. The molecule has 1 unspecified atom stereocenters. The zero-order valence-corrected chi connectivity index (χ0v) is 12.7. The van der Waals surface area contributed by atoms with Crippen LogP contribution in [-0.2, 0) is 12.8 Å². The molecular formula is C18H21NO3. The summed E-state index contributed by atoms with van der Waals surface area (Å²) in [6.07, 6.45) is 1.64. The Bertz CT molecular complexity index is 625. The monoisotopic (exact) mass is 299 g/mol. The lowest BCUT2D eigenvalue weighted by Gasteiger charge is -2.13. The van der Waals surface area contributed by atoms with Crippen molar-refractivity contribution >= 4 is 0 Å². The van der Waals surface area contributed by atoms with Crippen molar-refractivity contribution in [2.24, 2.45) is 5.73 Å². The van der Waals surface area contributed by atoms with Crippen molar-refractivity contribution in [2.45, 2.75) is 25.8 Å². The van der Waals surface area contributed by atoms with Gasteiger partial charge in [-0.15, -0.1) is 0 Å². The predicted molar refractivity (Wildman–Crippen MR) is 85.6 cm³/mol. The number of ether oxygens (including phenoxy) is 3. The Morgan fingerprint density at radius 2 is 1.68 bits per heavy atom. The molecule has 0 bridgehead atoms. The SMILES string of the molecule is CCOc1ccc(CC(N)Cc2ccc3c(c2)OCO3)cc1. The molecule has 1 aliphatic heterocycles. The van der Waals surface area contributed by atoms with E-state index in [1.807, 2.05) is 37.3 Å². The number of hydrogen-bond donors (Lipinski definition) is 1. The van der Waals surface area contributed by atoms with Gasteiger partial charge in [-0.1, -0.05) is 18.2 Å². The minimum Gasteiger partial charge on any atom is -0.494 e. The molecular weight excluding hydrogens is 278 g/mol. The molecule has 0 saturated heterocycles. The number of fused-ring (bicyclic) bond motifs is 1. The summed E-state index contributed by atoms with van der Waals surface area (Å²) in [5, 5.41) is 0. The van der Waals surface area contributed by atoms with Crippen LogP contribution in [0.25, 0.3) is 0 Å². The topological polar surface area (TPSA) is 53.7 Å². The van der Waals surface area contributed by atoms with Gasteiger partial charge in [0.25, 0.3) is 0 Å². The summed E-state index contributed by atoms with van der Waals surface area (Å²) in [7, 11) is 0. The van der Waals surface area contributed by atoms with Gasteiger partial charge in [-0.2, -0.15) is 0 Å². The largest absolute Gasteiger partial charge is 0.494 e. The molecule has 0 saturated carbocycles. The van der Waals surface area contributed by atoms with Crippen LogP contribution in [0.4, 0.5) is 0 Å². The van der Waals surface area contributed by atoms with Crippen LogP contribution in [-0.4, -0.2) is 19.4 Å². The van der Waals surface area contributed by atoms with Gasteiger partial charge in [-0.3, -0.25) is 0 Å². The Balaban J connectivity index is 1.58. The van der Waals surface area contributed by atoms with Crippen molar-refractivity contribution in [3.8, 4) is 17.2 Å². The second-order valence-electron chi connectivity index (χ2n) is 5.43.